The lowest BCUT2D eigenvalue weighted by Gasteiger charge is -2.05. The Balaban J connectivity index is 2.84. The molecular weight excluding hydrogens is 156 g/mol. The minimum Gasteiger partial charge on any atom is -0.451 e. The Morgan fingerprint density at radius 1 is 1.92 bits per heavy atom. The van der Waals surface area contributed by atoms with Crippen molar-refractivity contribution < 1.29 is 9.52 Å². The first kappa shape index (κ1) is 8.67. The maximum Gasteiger partial charge on any atom is 0.180 e. The minimum absolute atomic E-state index is 0.440. The lowest BCUT2D eigenvalue weighted by Crippen LogP contribution is -1.99. The minimum atomic E-state index is -0.841. The summed E-state index contributed by atoms with van der Waals surface area (Å²) in [7, 11) is 0. The fraction of sp³-hybridized carbons (Fsp3) is 0.250. The van der Waals surface area contributed by atoms with Crippen LogP contribution in [0.4, 0.5) is 0 Å². The van der Waals surface area contributed by atoms with Gasteiger partial charge in [-0.1, -0.05) is 6.08 Å². The number of hydrogen-bond donors (Lipinski definition) is 1. The third-order valence-electron chi connectivity index (χ3n) is 1.49. The average Bonchev–Trinajstić information content (AvgIpc) is 2.58. The summed E-state index contributed by atoms with van der Waals surface area (Å²) in [6.45, 7) is 5.10. The largest absolute Gasteiger partial charge is 0.451 e. The molecule has 1 aromatic rings. The molecule has 1 N–H and O–H groups in total. The first-order chi connectivity index (χ1) is 5.79. The summed E-state index contributed by atoms with van der Waals surface area (Å²) in [6, 6.07) is 0. The van der Waals surface area contributed by atoms with Gasteiger partial charge in [-0.15, -0.1) is 0 Å². The molecular formula is C8H10N2O2. The number of aliphatic hydroxyl groups excluding tert-OH is 1. The second-order valence-electron chi connectivity index (χ2n) is 2.19. The van der Waals surface area contributed by atoms with Crippen LogP contribution in [0.1, 0.15) is 18.7 Å². The zero-order chi connectivity index (χ0) is 8.97. The normalized spacial score (nSPS) is 14.3. The summed E-state index contributed by atoms with van der Waals surface area (Å²) in [6.07, 6.45) is 3.46. The Labute approximate surface area is 70.3 Å². The van der Waals surface area contributed by atoms with Crippen molar-refractivity contribution in [3.63, 3.8) is 0 Å². The molecule has 0 bridgehead atoms. The first-order valence-corrected chi connectivity index (χ1v) is 3.48. The topological polar surface area (TPSA) is 58.6 Å². The molecule has 4 heteroatoms. The number of hydrogen-bond acceptors (Lipinski definition) is 4. The highest BCUT2D eigenvalue weighted by atomic mass is 16.3. The van der Waals surface area contributed by atoms with E-state index in [-0.39, 0.29) is 0 Å². The van der Waals surface area contributed by atoms with Gasteiger partial charge in [-0.25, -0.2) is 4.98 Å². The zero-order valence-electron chi connectivity index (χ0n) is 6.77. The van der Waals surface area contributed by atoms with E-state index in [1.165, 1.54) is 12.7 Å². The van der Waals surface area contributed by atoms with E-state index in [1.807, 2.05) is 0 Å². The molecule has 0 spiro atoms. The molecule has 0 aromatic carbocycles. The molecule has 1 atom stereocenters. The molecule has 4 nitrogen and oxygen atoms in total. The molecule has 0 amide bonds. The summed E-state index contributed by atoms with van der Waals surface area (Å²) in [4.78, 5) is 7.43. The molecule has 1 aromatic heterocycles. The van der Waals surface area contributed by atoms with Gasteiger partial charge < -0.3 is 9.52 Å². The van der Waals surface area contributed by atoms with Crippen LogP contribution in [0.15, 0.2) is 33.8 Å². The van der Waals surface area contributed by atoms with E-state index in [1.54, 1.807) is 13.0 Å². The molecule has 1 heterocycles. The average molecular weight is 166 g/mol. The summed E-state index contributed by atoms with van der Waals surface area (Å²) < 4.78 is 4.71. The number of aliphatic imine (C=N–C) groups is 1. The highest BCUT2D eigenvalue weighted by molar-refractivity contribution is 5.31. The molecule has 0 aliphatic heterocycles. The fourth-order valence-corrected chi connectivity index (χ4v) is 0.844. The number of aliphatic hydroxyl groups is 1. The summed E-state index contributed by atoms with van der Waals surface area (Å²) >= 11 is 0. The lowest BCUT2D eigenvalue weighted by molar-refractivity contribution is 0.209. The van der Waals surface area contributed by atoms with Crippen molar-refractivity contribution in [3.8, 4) is 0 Å². The van der Waals surface area contributed by atoms with E-state index in [0.717, 1.165) is 0 Å². The van der Waals surface area contributed by atoms with Crippen LogP contribution in [0.2, 0.25) is 0 Å². The predicted octanol–water partition coefficient (Wildman–Crippen LogP) is 1.31. The van der Waals surface area contributed by atoms with E-state index in [4.69, 9.17) is 4.42 Å². The van der Waals surface area contributed by atoms with Gasteiger partial charge in [0.25, 0.3) is 0 Å². The highest BCUT2D eigenvalue weighted by Crippen LogP contribution is 2.19. The van der Waals surface area contributed by atoms with Crippen LogP contribution >= 0.6 is 0 Å². The number of oxazole rings is 1. The van der Waals surface area contributed by atoms with Gasteiger partial charge in [0.15, 0.2) is 6.39 Å². The van der Waals surface area contributed by atoms with Crippen molar-refractivity contribution in [2.75, 3.05) is 0 Å². The monoisotopic (exact) mass is 166 g/mol. The van der Waals surface area contributed by atoms with Crippen LogP contribution in [0, 0.1) is 0 Å². The molecule has 1 unspecified atom stereocenters. The van der Waals surface area contributed by atoms with Crippen molar-refractivity contribution in [2.24, 2.45) is 4.99 Å². The number of rotatable bonds is 3. The molecule has 1 rings (SSSR count). The fourth-order valence-electron chi connectivity index (χ4n) is 0.844. The molecule has 0 saturated heterocycles. The van der Waals surface area contributed by atoms with E-state index in [2.05, 4.69) is 16.7 Å². The van der Waals surface area contributed by atoms with Gasteiger partial charge in [-0.05, 0) is 13.6 Å². The molecule has 64 valence electrons. The van der Waals surface area contributed by atoms with Gasteiger partial charge in [0.1, 0.15) is 18.1 Å². The van der Waals surface area contributed by atoms with Gasteiger partial charge in [0, 0.05) is 0 Å². The summed E-state index contributed by atoms with van der Waals surface area (Å²) in [5, 5.41) is 9.54. The molecule has 0 radical (unpaired) electrons. The van der Waals surface area contributed by atoms with E-state index in [0.29, 0.717) is 11.4 Å². The van der Waals surface area contributed by atoms with Crippen molar-refractivity contribution in [1.82, 2.24) is 4.98 Å². The van der Waals surface area contributed by atoms with Crippen LogP contribution in [-0.2, 0) is 0 Å². The second kappa shape index (κ2) is 3.82. The Kier molecular flexibility index (Phi) is 2.76. The third-order valence-corrected chi connectivity index (χ3v) is 1.49. The second-order valence-corrected chi connectivity index (χ2v) is 2.19. The van der Waals surface area contributed by atoms with Gasteiger partial charge >= 0.3 is 0 Å². The van der Waals surface area contributed by atoms with Crippen LogP contribution in [0.5, 0.6) is 0 Å². The molecule has 0 saturated carbocycles. The van der Waals surface area contributed by atoms with Crippen molar-refractivity contribution in [1.29, 1.82) is 0 Å². The smallest absolute Gasteiger partial charge is 0.180 e. The van der Waals surface area contributed by atoms with Gasteiger partial charge in [-0.3, -0.25) is 4.99 Å². The van der Waals surface area contributed by atoms with Crippen LogP contribution in [0.25, 0.3) is 0 Å². The van der Waals surface area contributed by atoms with Crippen LogP contribution in [-0.4, -0.2) is 16.8 Å². The van der Waals surface area contributed by atoms with Gasteiger partial charge in [0.2, 0.25) is 0 Å². The molecule has 0 aliphatic carbocycles. The van der Waals surface area contributed by atoms with E-state index >= 15 is 0 Å². The quantitative estimate of drug-likeness (QED) is 0.689. The standard InChI is InChI=1S/C8H10N2O2/c1-3-6(9-2)8(11)7-4-12-5-10-7/h3-5,8,11H,2H2,1H3/b6-3-. The third kappa shape index (κ3) is 1.60. The maximum atomic E-state index is 9.54. The van der Waals surface area contributed by atoms with Crippen molar-refractivity contribution >= 4 is 6.72 Å². The summed E-state index contributed by atoms with van der Waals surface area (Å²) in [5.74, 6) is 0. The highest BCUT2D eigenvalue weighted by Gasteiger charge is 2.13. The van der Waals surface area contributed by atoms with E-state index in [9.17, 15) is 5.11 Å². The molecule has 0 fully saturated rings. The summed E-state index contributed by atoms with van der Waals surface area (Å²) in [5.41, 5.74) is 0.916. The number of aromatic nitrogens is 1. The number of nitrogens with zero attached hydrogens (tertiary/aromatic N) is 2. The predicted molar refractivity (Wildman–Crippen MR) is 44.8 cm³/mol. The lowest BCUT2D eigenvalue weighted by atomic mass is 10.2. The van der Waals surface area contributed by atoms with Crippen LogP contribution < -0.4 is 0 Å². The zero-order valence-corrected chi connectivity index (χ0v) is 6.77. The maximum absolute atomic E-state index is 9.54. The number of allylic oxidation sites excluding steroid dienone is 1. The van der Waals surface area contributed by atoms with Crippen LogP contribution in [0.3, 0.4) is 0 Å². The SMILES string of the molecule is C=N/C(=C\C)C(O)c1cocn1. The first-order valence-electron chi connectivity index (χ1n) is 3.48. The van der Waals surface area contributed by atoms with E-state index < -0.39 is 6.10 Å². The van der Waals surface area contributed by atoms with Crippen molar-refractivity contribution in [3.05, 3.63) is 30.1 Å². The Bertz CT molecular complexity index is 277. The Hall–Kier alpha value is -1.42. The Morgan fingerprint density at radius 3 is 3.08 bits per heavy atom. The molecule has 12 heavy (non-hydrogen) atoms. The van der Waals surface area contributed by atoms with Gasteiger partial charge in [-0.2, -0.15) is 0 Å². The molecule has 0 aliphatic rings. The van der Waals surface area contributed by atoms with Crippen molar-refractivity contribution in [2.45, 2.75) is 13.0 Å². The van der Waals surface area contributed by atoms with Gasteiger partial charge in [0.05, 0.1) is 5.70 Å². The Morgan fingerprint density at radius 2 is 2.67 bits per heavy atom.